The van der Waals surface area contributed by atoms with Crippen molar-refractivity contribution in [2.45, 2.75) is 26.3 Å². The van der Waals surface area contributed by atoms with Crippen LogP contribution in [0.15, 0.2) is 60.7 Å². The lowest BCUT2D eigenvalue weighted by Crippen LogP contribution is -2.50. The van der Waals surface area contributed by atoms with Crippen molar-refractivity contribution in [1.82, 2.24) is 5.32 Å². The van der Waals surface area contributed by atoms with Crippen molar-refractivity contribution in [3.05, 3.63) is 76.3 Å². The van der Waals surface area contributed by atoms with E-state index in [1.165, 1.54) is 18.2 Å². The van der Waals surface area contributed by atoms with Crippen molar-refractivity contribution in [3.63, 3.8) is 0 Å². The van der Waals surface area contributed by atoms with Crippen LogP contribution in [0, 0.1) is 17.0 Å². The first kappa shape index (κ1) is 25.0. The molecule has 180 valence electrons. The van der Waals surface area contributed by atoms with Gasteiger partial charge in [-0.05, 0) is 41.8 Å². The van der Waals surface area contributed by atoms with Crippen molar-refractivity contribution >= 4 is 38.1 Å². The lowest BCUT2D eigenvalue weighted by Gasteiger charge is -2.31. The average Bonchev–Trinajstić information content (AvgIpc) is 2.79. The first-order chi connectivity index (χ1) is 16.1. The molecule has 3 aromatic rings. The van der Waals surface area contributed by atoms with Gasteiger partial charge >= 0.3 is 0 Å². The topological polar surface area (TPSA) is 119 Å². The number of sulfonamides is 1. The lowest BCUT2D eigenvalue weighted by atomic mass is 10.1. The number of carbonyl (C=O) groups is 1. The molecule has 34 heavy (non-hydrogen) atoms. The molecule has 3 aromatic carbocycles. The van der Waals surface area contributed by atoms with Crippen LogP contribution in [0.3, 0.4) is 0 Å². The zero-order valence-electron chi connectivity index (χ0n) is 19.2. The number of amides is 1. The summed E-state index contributed by atoms with van der Waals surface area (Å²) < 4.78 is 32.0. The largest absolute Gasteiger partial charge is 0.492 e. The van der Waals surface area contributed by atoms with E-state index in [4.69, 9.17) is 4.74 Å². The number of ether oxygens (including phenoxy) is 1. The molecule has 10 heteroatoms. The highest BCUT2D eigenvalue weighted by atomic mass is 32.2. The fraction of sp³-hybridized carbons (Fsp3) is 0.292. The normalized spacial score (nSPS) is 12.2. The Bertz CT molecular complexity index is 1310. The molecule has 0 aliphatic carbocycles. The van der Waals surface area contributed by atoms with Crippen LogP contribution in [-0.2, 0) is 14.8 Å². The van der Waals surface area contributed by atoms with Gasteiger partial charge in [-0.3, -0.25) is 19.2 Å². The second-order valence-corrected chi connectivity index (χ2v) is 9.72. The Morgan fingerprint density at radius 3 is 2.47 bits per heavy atom. The predicted molar refractivity (Wildman–Crippen MR) is 132 cm³/mol. The molecule has 1 amide bonds. The van der Waals surface area contributed by atoms with E-state index in [0.29, 0.717) is 11.3 Å². The molecule has 0 saturated carbocycles. The lowest BCUT2D eigenvalue weighted by molar-refractivity contribution is -0.384. The van der Waals surface area contributed by atoms with E-state index in [1.54, 1.807) is 13.8 Å². The number of fused-ring (bicyclic) bond motifs is 1. The zero-order valence-corrected chi connectivity index (χ0v) is 20.0. The average molecular weight is 486 g/mol. The minimum atomic E-state index is -3.91. The van der Waals surface area contributed by atoms with E-state index in [0.717, 1.165) is 21.3 Å². The maximum absolute atomic E-state index is 12.9. The van der Waals surface area contributed by atoms with Gasteiger partial charge in [0.1, 0.15) is 18.4 Å². The number of benzene rings is 3. The molecule has 1 N–H and O–H groups in total. The highest BCUT2D eigenvalue weighted by Crippen LogP contribution is 2.30. The van der Waals surface area contributed by atoms with Crippen molar-refractivity contribution in [2.24, 2.45) is 0 Å². The Kier molecular flexibility index (Phi) is 7.72. The molecule has 0 fully saturated rings. The van der Waals surface area contributed by atoms with Gasteiger partial charge < -0.3 is 10.1 Å². The van der Waals surface area contributed by atoms with E-state index in [2.05, 4.69) is 5.32 Å². The van der Waals surface area contributed by atoms with E-state index in [-0.39, 0.29) is 30.9 Å². The van der Waals surface area contributed by atoms with Crippen LogP contribution >= 0.6 is 0 Å². The van der Waals surface area contributed by atoms with Gasteiger partial charge in [-0.1, -0.05) is 43.3 Å². The molecule has 1 atom stereocenters. The van der Waals surface area contributed by atoms with Crippen LogP contribution in [-0.4, -0.2) is 44.7 Å². The Morgan fingerprint density at radius 2 is 1.82 bits per heavy atom. The van der Waals surface area contributed by atoms with Crippen molar-refractivity contribution in [3.8, 4) is 5.75 Å². The first-order valence-corrected chi connectivity index (χ1v) is 12.6. The third-order valence-corrected chi connectivity index (χ3v) is 6.53. The second-order valence-electron chi connectivity index (χ2n) is 7.86. The summed E-state index contributed by atoms with van der Waals surface area (Å²) in [5.74, 6) is 0.144. The van der Waals surface area contributed by atoms with Crippen LogP contribution in [0.5, 0.6) is 5.75 Å². The number of rotatable bonds is 10. The second kappa shape index (κ2) is 10.5. The summed E-state index contributed by atoms with van der Waals surface area (Å²) in [6, 6.07) is 16.4. The van der Waals surface area contributed by atoms with Crippen LogP contribution in [0.2, 0.25) is 0 Å². The van der Waals surface area contributed by atoms with Gasteiger partial charge in [0.15, 0.2) is 0 Å². The van der Waals surface area contributed by atoms with E-state index in [9.17, 15) is 23.3 Å². The molecule has 9 nitrogen and oxygen atoms in total. The van der Waals surface area contributed by atoms with Crippen molar-refractivity contribution in [2.75, 3.05) is 23.7 Å². The van der Waals surface area contributed by atoms with Gasteiger partial charge in [0.25, 0.3) is 5.69 Å². The van der Waals surface area contributed by atoms with Gasteiger partial charge in [0, 0.05) is 12.1 Å². The number of hydrogen-bond donors (Lipinski definition) is 1. The van der Waals surface area contributed by atoms with E-state index < -0.39 is 26.9 Å². The summed E-state index contributed by atoms with van der Waals surface area (Å²) in [6.45, 7) is 3.67. The number of nitro benzene ring substituents is 1. The first-order valence-electron chi connectivity index (χ1n) is 10.8. The quantitative estimate of drug-likeness (QED) is 0.265. The molecule has 0 aromatic heterocycles. The Labute approximate surface area is 198 Å². The molecule has 0 spiro atoms. The molecule has 0 aliphatic rings. The Balaban J connectivity index is 1.71. The van der Waals surface area contributed by atoms with Crippen molar-refractivity contribution in [1.29, 1.82) is 0 Å². The number of carbonyl (C=O) groups excluding carboxylic acids is 1. The van der Waals surface area contributed by atoms with Crippen molar-refractivity contribution < 1.29 is 22.9 Å². The molecule has 0 bridgehead atoms. The maximum atomic E-state index is 12.9. The van der Waals surface area contributed by atoms with Crippen LogP contribution in [0.4, 0.5) is 11.4 Å². The maximum Gasteiger partial charge on any atom is 0.271 e. The van der Waals surface area contributed by atoms with Gasteiger partial charge in [-0.15, -0.1) is 0 Å². The number of nitrogens with one attached hydrogen (secondary N) is 1. The summed E-state index contributed by atoms with van der Waals surface area (Å²) >= 11 is 0. The smallest absolute Gasteiger partial charge is 0.271 e. The fourth-order valence-corrected chi connectivity index (χ4v) is 4.96. The molecular formula is C24H27N3O6S. The van der Waals surface area contributed by atoms with Crippen LogP contribution in [0.25, 0.3) is 10.8 Å². The molecule has 0 unspecified atom stereocenters. The van der Waals surface area contributed by atoms with Crippen LogP contribution < -0.4 is 14.4 Å². The number of nitrogens with zero attached hydrogens (tertiary/aromatic N) is 2. The standard InChI is InChI=1S/C24H27N3O6S/c1-4-22(26(34(3,31)32)23-16-20(27(29)30)11-9-17(23)2)24(28)25-13-14-33-21-12-10-18-7-5-6-8-19(18)15-21/h5-12,15-16,22H,4,13-14H2,1-3H3,(H,25,28)/t22-/m0/s1. The van der Waals surface area contributed by atoms with Gasteiger partial charge in [0.05, 0.1) is 23.4 Å². The SMILES string of the molecule is CC[C@@H](C(=O)NCCOc1ccc2ccccc2c1)N(c1cc([N+](=O)[O-])ccc1C)S(C)(=O)=O. The minimum Gasteiger partial charge on any atom is -0.492 e. The van der Waals surface area contributed by atoms with Gasteiger partial charge in [-0.25, -0.2) is 8.42 Å². The van der Waals surface area contributed by atoms with Gasteiger partial charge in [-0.2, -0.15) is 0 Å². The number of aryl methyl sites for hydroxylation is 1. The van der Waals surface area contributed by atoms with Crippen LogP contribution in [0.1, 0.15) is 18.9 Å². The fourth-order valence-electron chi connectivity index (χ4n) is 3.70. The summed E-state index contributed by atoms with van der Waals surface area (Å²) in [7, 11) is -3.91. The summed E-state index contributed by atoms with van der Waals surface area (Å²) in [5.41, 5.74) is 0.348. The third-order valence-electron chi connectivity index (χ3n) is 5.36. The van der Waals surface area contributed by atoms with E-state index >= 15 is 0 Å². The molecule has 0 saturated heterocycles. The summed E-state index contributed by atoms with van der Waals surface area (Å²) in [5, 5.41) is 16.1. The van der Waals surface area contributed by atoms with E-state index in [1.807, 2.05) is 42.5 Å². The minimum absolute atomic E-state index is 0.103. The summed E-state index contributed by atoms with van der Waals surface area (Å²) in [4.78, 5) is 23.6. The molecular weight excluding hydrogens is 458 g/mol. The molecule has 0 aliphatic heterocycles. The zero-order chi connectivity index (χ0) is 24.9. The molecule has 3 rings (SSSR count). The highest BCUT2D eigenvalue weighted by Gasteiger charge is 2.33. The summed E-state index contributed by atoms with van der Waals surface area (Å²) in [6.07, 6.45) is 1.15. The number of non-ortho nitro benzene ring substituents is 1. The van der Waals surface area contributed by atoms with Gasteiger partial charge in [0.2, 0.25) is 15.9 Å². The molecule has 0 heterocycles. The Hall–Kier alpha value is -3.66. The number of hydrogen-bond acceptors (Lipinski definition) is 6. The number of nitro groups is 1. The number of anilines is 1. The third kappa shape index (κ3) is 5.82. The molecule has 0 radical (unpaired) electrons. The Morgan fingerprint density at radius 1 is 1.12 bits per heavy atom. The highest BCUT2D eigenvalue weighted by molar-refractivity contribution is 7.92. The monoisotopic (exact) mass is 485 g/mol. The predicted octanol–water partition coefficient (Wildman–Crippen LogP) is 3.80.